The van der Waals surface area contributed by atoms with Crippen LogP contribution in [0.15, 0.2) is 10.7 Å². The van der Waals surface area contributed by atoms with Gasteiger partial charge in [0.05, 0.1) is 10.7 Å². The quantitative estimate of drug-likeness (QED) is 0.835. The fourth-order valence-electron chi connectivity index (χ4n) is 1.35. The van der Waals surface area contributed by atoms with Gasteiger partial charge in [-0.2, -0.15) is 5.10 Å². The van der Waals surface area contributed by atoms with Crippen molar-refractivity contribution < 1.29 is 4.79 Å². The molecule has 0 amide bonds. The number of carbonyl (C=O) groups excluding carboxylic acids is 1. The molecule has 0 saturated heterocycles. The highest BCUT2D eigenvalue weighted by Gasteiger charge is 2.17. The molecule has 0 aliphatic rings. The van der Waals surface area contributed by atoms with E-state index in [4.69, 9.17) is 0 Å². The first-order valence-corrected chi connectivity index (χ1v) is 5.78. The summed E-state index contributed by atoms with van der Waals surface area (Å²) in [5.41, 5.74) is 0.667. The van der Waals surface area contributed by atoms with Crippen LogP contribution in [0.25, 0.3) is 0 Å². The van der Waals surface area contributed by atoms with Gasteiger partial charge >= 0.3 is 0 Å². The average Bonchev–Trinajstić information content (AvgIpc) is 2.56. The Morgan fingerprint density at radius 3 is 2.87 bits per heavy atom. The smallest absolute Gasteiger partial charge is 0.183 e. The van der Waals surface area contributed by atoms with Crippen molar-refractivity contribution in [2.75, 3.05) is 13.6 Å². The van der Waals surface area contributed by atoms with Crippen LogP contribution in [0.5, 0.6) is 0 Å². The second-order valence-electron chi connectivity index (χ2n) is 3.66. The molecule has 1 N–H and O–H groups in total. The monoisotopic (exact) mass is 273 g/mol. The lowest BCUT2D eigenvalue weighted by molar-refractivity contribution is 0.0970. The van der Waals surface area contributed by atoms with Gasteiger partial charge < -0.3 is 5.32 Å². The molecule has 0 spiro atoms. The molecule has 0 aromatic carbocycles. The average molecular weight is 274 g/mol. The van der Waals surface area contributed by atoms with Crippen LogP contribution >= 0.6 is 15.9 Å². The number of carbonyl (C=O) groups is 1. The molecule has 5 heteroatoms. The zero-order chi connectivity index (χ0) is 11.4. The van der Waals surface area contributed by atoms with Crippen LogP contribution in [0.3, 0.4) is 0 Å². The van der Waals surface area contributed by atoms with Gasteiger partial charge in [0.1, 0.15) is 5.69 Å². The molecule has 0 radical (unpaired) electrons. The Morgan fingerprint density at radius 1 is 1.67 bits per heavy atom. The number of nitrogens with one attached hydrogen (secondary N) is 1. The number of rotatable bonds is 5. The zero-order valence-electron chi connectivity index (χ0n) is 9.25. The van der Waals surface area contributed by atoms with Crippen molar-refractivity contribution in [1.82, 2.24) is 15.1 Å². The number of hydrogen-bond acceptors (Lipinski definition) is 3. The Balaban J connectivity index is 2.91. The SMILES string of the molecule is CNCCC(=O)c1c(Br)cnn1C(C)C. The van der Waals surface area contributed by atoms with Gasteiger partial charge in [-0.25, -0.2) is 0 Å². The van der Waals surface area contributed by atoms with Gasteiger partial charge in [-0.3, -0.25) is 9.48 Å². The van der Waals surface area contributed by atoms with Gasteiger partial charge in [-0.15, -0.1) is 0 Å². The molecular formula is C10H16BrN3O. The molecule has 0 aliphatic heterocycles. The fraction of sp³-hybridized carbons (Fsp3) is 0.600. The van der Waals surface area contributed by atoms with Crippen molar-refractivity contribution in [2.24, 2.45) is 0 Å². The summed E-state index contributed by atoms with van der Waals surface area (Å²) in [5.74, 6) is 0.113. The van der Waals surface area contributed by atoms with Gasteiger partial charge in [-0.05, 0) is 36.8 Å². The lowest BCUT2D eigenvalue weighted by Gasteiger charge is -2.10. The molecule has 0 fully saturated rings. The molecule has 0 atom stereocenters. The van der Waals surface area contributed by atoms with E-state index in [1.54, 1.807) is 10.9 Å². The van der Waals surface area contributed by atoms with E-state index in [2.05, 4.69) is 26.3 Å². The first kappa shape index (κ1) is 12.4. The molecule has 1 aromatic rings. The number of nitrogens with zero attached hydrogens (tertiary/aromatic N) is 2. The van der Waals surface area contributed by atoms with Crippen molar-refractivity contribution in [3.8, 4) is 0 Å². The third kappa shape index (κ3) is 2.89. The van der Waals surface area contributed by atoms with Crippen molar-refractivity contribution in [3.63, 3.8) is 0 Å². The highest BCUT2D eigenvalue weighted by molar-refractivity contribution is 9.10. The summed E-state index contributed by atoms with van der Waals surface area (Å²) < 4.78 is 2.53. The van der Waals surface area contributed by atoms with Crippen molar-refractivity contribution in [2.45, 2.75) is 26.3 Å². The third-order valence-corrected chi connectivity index (χ3v) is 2.69. The summed E-state index contributed by atoms with van der Waals surface area (Å²) in [5, 5.41) is 7.14. The number of ketones is 1. The predicted octanol–water partition coefficient (Wildman–Crippen LogP) is 2.02. The maximum atomic E-state index is 11.9. The van der Waals surface area contributed by atoms with Crippen LogP contribution in [0, 0.1) is 0 Å². The summed E-state index contributed by atoms with van der Waals surface area (Å²) >= 11 is 3.35. The van der Waals surface area contributed by atoms with Gasteiger partial charge in [0.2, 0.25) is 0 Å². The molecule has 0 bridgehead atoms. The minimum absolute atomic E-state index is 0.113. The van der Waals surface area contributed by atoms with Crippen LogP contribution < -0.4 is 5.32 Å². The van der Waals surface area contributed by atoms with E-state index < -0.39 is 0 Å². The molecule has 1 aromatic heterocycles. The van der Waals surface area contributed by atoms with Crippen molar-refractivity contribution in [3.05, 3.63) is 16.4 Å². The highest BCUT2D eigenvalue weighted by Crippen LogP contribution is 2.20. The summed E-state index contributed by atoms with van der Waals surface area (Å²) in [4.78, 5) is 11.9. The van der Waals surface area contributed by atoms with Gasteiger partial charge in [0.15, 0.2) is 5.78 Å². The molecule has 0 unspecified atom stereocenters. The second-order valence-corrected chi connectivity index (χ2v) is 4.51. The molecular weight excluding hydrogens is 258 g/mol. The number of hydrogen-bond donors (Lipinski definition) is 1. The van der Waals surface area contributed by atoms with E-state index in [0.717, 1.165) is 4.47 Å². The molecule has 1 heterocycles. The Labute approximate surface area is 98.2 Å². The molecule has 84 valence electrons. The first-order valence-electron chi connectivity index (χ1n) is 4.98. The first-order chi connectivity index (χ1) is 7.07. The summed E-state index contributed by atoms with van der Waals surface area (Å²) in [6.45, 7) is 4.71. The largest absolute Gasteiger partial charge is 0.319 e. The molecule has 1 rings (SSSR count). The number of Topliss-reactive ketones (excluding diaryl/α,β-unsaturated/α-hetero) is 1. The van der Waals surface area contributed by atoms with Crippen molar-refractivity contribution >= 4 is 21.7 Å². The normalized spacial score (nSPS) is 11.0. The Morgan fingerprint density at radius 2 is 2.33 bits per heavy atom. The topological polar surface area (TPSA) is 46.9 Å². The number of aromatic nitrogens is 2. The summed E-state index contributed by atoms with van der Waals surface area (Å²) in [6, 6.07) is 0.199. The minimum atomic E-state index is 0.113. The molecule has 4 nitrogen and oxygen atoms in total. The van der Waals surface area contributed by atoms with Crippen LogP contribution in [0.2, 0.25) is 0 Å². The third-order valence-electron chi connectivity index (χ3n) is 2.11. The van der Waals surface area contributed by atoms with Gasteiger partial charge in [0.25, 0.3) is 0 Å². The Bertz CT molecular complexity index is 346. The molecule has 15 heavy (non-hydrogen) atoms. The predicted molar refractivity (Wildman–Crippen MR) is 63.2 cm³/mol. The standard InChI is InChI=1S/C10H16BrN3O/c1-7(2)14-10(8(11)6-13-14)9(15)4-5-12-3/h6-7,12H,4-5H2,1-3H3. The van der Waals surface area contributed by atoms with Crippen LogP contribution in [-0.2, 0) is 0 Å². The fourth-order valence-corrected chi connectivity index (χ4v) is 1.84. The maximum Gasteiger partial charge on any atom is 0.183 e. The van der Waals surface area contributed by atoms with Crippen molar-refractivity contribution in [1.29, 1.82) is 0 Å². The molecule has 0 aliphatic carbocycles. The van der Waals surface area contributed by atoms with Gasteiger partial charge in [-0.1, -0.05) is 0 Å². The Hall–Kier alpha value is -0.680. The van der Waals surface area contributed by atoms with E-state index in [9.17, 15) is 4.79 Å². The highest BCUT2D eigenvalue weighted by atomic mass is 79.9. The van der Waals surface area contributed by atoms with Crippen LogP contribution in [-0.4, -0.2) is 29.2 Å². The van der Waals surface area contributed by atoms with E-state index >= 15 is 0 Å². The lowest BCUT2D eigenvalue weighted by atomic mass is 10.2. The van der Waals surface area contributed by atoms with E-state index in [1.165, 1.54) is 0 Å². The van der Waals surface area contributed by atoms with Crippen LogP contribution in [0.4, 0.5) is 0 Å². The van der Waals surface area contributed by atoms with Gasteiger partial charge in [0, 0.05) is 19.0 Å². The zero-order valence-corrected chi connectivity index (χ0v) is 10.8. The van der Waals surface area contributed by atoms with E-state index in [0.29, 0.717) is 18.7 Å². The lowest BCUT2D eigenvalue weighted by Crippen LogP contribution is -2.17. The minimum Gasteiger partial charge on any atom is -0.319 e. The summed E-state index contributed by atoms with van der Waals surface area (Å²) in [6.07, 6.45) is 2.17. The number of halogens is 1. The maximum absolute atomic E-state index is 11.9. The Kier molecular flexibility index (Phi) is 4.47. The summed E-state index contributed by atoms with van der Waals surface area (Å²) in [7, 11) is 1.84. The van der Waals surface area contributed by atoms with E-state index in [-0.39, 0.29) is 11.8 Å². The van der Waals surface area contributed by atoms with E-state index in [1.807, 2.05) is 20.9 Å². The second kappa shape index (κ2) is 5.42. The van der Waals surface area contributed by atoms with Crippen LogP contribution in [0.1, 0.15) is 36.8 Å². The molecule has 0 saturated carbocycles.